The maximum Gasteiger partial charge on any atom is 0.178 e. The summed E-state index contributed by atoms with van der Waals surface area (Å²) in [5.41, 5.74) is 0.600. The standard InChI is InChI=1S/C19H14O3/c1-11(20)15-16(12-7-3-2-4-8-12)19(15)17(21)13-9-5-6-10-14(13)18(19)22/h2-10,15-16H,1H3/t15-,16-/m0/s1. The Kier molecular flexibility index (Phi) is 2.52. The molecule has 0 unspecified atom stereocenters. The smallest absolute Gasteiger partial charge is 0.178 e. The molecule has 1 fully saturated rings. The molecular formula is C19H14O3. The third-order valence-electron chi connectivity index (χ3n) is 4.97. The van der Waals surface area contributed by atoms with Crippen LogP contribution in [0.25, 0.3) is 0 Å². The third kappa shape index (κ3) is 1.38. The van der Waals surface area contributed by atoms with Crippen molar-refractivity contribution in [1.29, 1.82) is 0 Å². The highest BCUT2D eigenvalue weighted by atomic mass is 16.2. The van der Waals surface area contributed by atoms with E-state index in [2.05, 4.69) is 0 Å². The lowest BCUT2D eigenvalue weighted by molar-refractivity contribution is -0.118. The molecule has 0 aromatic heterocycles. The topological polar surface area (TPSA) is 51.2 Å². The molecule has 2 aliphatic carbocycles. The van der Waals surface area contributed by atoms with Gasteiger partial charge in [0.15, 0.2) is 11.6 Å². The summed E-state index contributed by atoms with van der Waals surface area (Å²) in [6.07, 6.45) is 0. The summed E-state index contributed by atoms with van der Waals surface area (Å²) in [5.74, 6) is -1.35. The Morgan fingerprint density at radius 2 is 1.36 bits per heavy atom. The monoisotopic (exact) mass is 290 g/mol. The zero-order valence-electron chi connectivity index (χ0n) is 12.1. The number of benzene rings is 2. The maximum absolute atomic E-state index is 12.9. The van der Waals surface area contributed by atoms with E-state index >= 15 is 0 Å². The van der Waals surface area contributed by atoms with Gasteiger partial charge >= 0.3 is 0 Å². The molecule has 1 saturated carbocycles. The van der Waals surface area contributed by atoms with Gasteiger partial charge in [-0.15, -0.1) is 0 Å². The van der Waals surface area contributed by atoms with Crippen molar-refractivity contribution in [1.82, 2.24) is 0 Å². The Morgan fingerprint density at radius 3 is 1.86 bits per heavy atom. The van der Waals surface area contributed by atoms with Crippen molar-refractivity contribution in [3.63, 3.8) is 0 Å². The predicted octanol–water partition coefficient (Wildman–Crippen LogP) is 3.05. The lowest BCUT2D eigenvalue weighted by Gasteiger charge is -2.06. The molecule has 1 spiro atoms. The quantitative estimate of drug-likeness (QED) is 0.799. The molecular weight excluding hydrogens is 276 g/mol. The molecule has 2 aromatic rings. The van der Waals surface area contributed by atoms with Crippen LogP contribution in [-0.2, 0) is 4.79 Å². The van der Waals surface area contributed by atoms with Gasteiger partial charge in [-0.2, -0.15) is 0 Å². The fourth-order valence-electron chi connectivity index (χ4n) is 4.05. The molecule has 0 bridgehead atoms. The summed E-state index contributed by atoms with van der Waals surface area (Å²) in [4.78, 5) is 37.9. The average Bonchev–Trinajstić information content (AvgIpc) is 3.20. The van der Waals surface area contributed by atoms with Crippen LogP contribution in [-0.4, -0.2) is 17.3 Å². The highest BCUT2D eigenvalue weighted by molar-refractivity contribution is 6.34. The highest BCUT2D eigenvalue weighted by Gasteiger charge is 2.78. The Labute approximate surface area is 128 Å². The van der Waals surface area contributed by atoms with Crippen LogP contribution in [0.3, 0.4) is 0 Å². The number of hydrogen-bond acceptors (Lipinski definition) is 3. The van der Waals surface area contributed by atoms with Gasteiger partial charge < -0.3 is 0 Å². The van der Waals surface area contributed by atoms with Gasteiger partial charge in [0.2, 0.25) is 0 Å². The van der Waals surface area contributed by atoms with Crippen molar-refractivity contribution < 1.29 is 14.4 Å². The van der Waals surface area contributed by atoms with Crippen LogP contribution in [0.15, 0.2) is 54.6 Å². The number of Topliss-reactive ketones (excluding diaryl/α,β-unsaturated/α-hetero) is 3. The van der Waals surface area contributed by atoms with E-state index in [1.807, 2.05) is 30.3 Å². The summed E-state index contributed by atoms with van der Waals surface area (Å²) >= 11 is 0. The third-order valence-corrected chi connectivity index (χ3v) is 4.97. The molecule has 0 N–H and O–H groups in total. The summed E-state index contributed by atoms with van der Waals surface area (Å²) in [6, 6.07) is 16.3. The van der Waals surface area contributed by atoms with E-state index < -0.39 is 11.3 Å². The van der Waals surface area contributed by atoms with Crippen LogP contribution in [0.2, 0.25) is 0 Å². The molecule has 2 aliphatic rings. The first-order chi connectivity index (χ1) is 10.6. The molecule has 2 atom stereocenters. The van der Waals surface area contributed by atoms with Gasteiger partial charge in [0.1, 0.15) is 11.2 Å². The van der Waals surface area contributed by atoms with Gasteiger partial charge in [0.25, 0.3) is 0 Å². The largest absolute Gasteiger partial charge is 0.300 e. The highest BCUT2D eigenvalue weighted by Crippen LogP contribution is 2.70. The van der Waals surface area contributed by atoms with Crippen molar-refractivity contribution >= 4 is 17.3 Å². The number of ketones is 3. The van der Waals surface area contributed by atoms with Crippen LogP contribution >= 0.6 is 0 Å². The van der Waals surface area contributed by atoms with Gasteiger partial charge in [0.05, 0.1) is 0 Å². The van der Waals surface area contributed by atoms with E-state index in [4.69, 9.17) is 0 Å². The first-order valence-electron chi connectivity index (χ1n) is 7.34. The molecule has 3 heteroatoms. The predicted molar refractivity (Wildman–Crippen MR) is 80.9 cm³/mol. The van der Waals surface area contributed by atoms with E-state index in [0.29, 0.717) is 11.1 Å². The lowest BCUT2D eigenvalue weighted by atomic mass is 9.92. The summed E-state index contributed by atoms with van der Waals surface area (Å²) in [5, 5.41) is 0. The second-order valence-corrected chi connectivity index (χ2v) is 6.05. The first-order valence-corrected chi connectivity index (χ1v) is 7.34. The van der Waals surface area contributed by atoms with Crippen molar-refractivity contribution in [3.8, 4) is 0 Å². The molecule has 22 heavy (non-hydrogen) atoms. The van der Waals surface area contributed by atoms with Gasteiger partial charge in [-0.3, -0.25) is 14.4 Å². The van der Waals surface area contributed by atoms with Gasteiger partial charge in [-0.25, -0.2) is 0 Å². The van der Waals surface area contributed by atoms with Crippen LogP contribution in [0.1, 0.15) is 39.1 Å². The normalized spacial score (nSPS) is 24.4. The summed E-state index contributed by atoms with van der Waals surface area (Å²) in [6.45, 7) is 1.47. The van der Waals surface area contributed by atoms with E-state index in [0.717, 1.165) is 5.56 Å². The summed E-state index contributed by atoms with van der Waals surface area (Å²) < 4.78 is 0. The van der Waals surface area contributed by atoms with Crippen LogP contribution in [0.4, 0.5) is 0 Å². The first kappa shape index (κ1) is 13.1. The van der Waals surface area contributed by atoms with Crippen LogP contribution in [0.5, 0.6) is 0 Å². The Balaban J connectivity index is 1.90. The molecule has 0 radical (unpaired) electrons. The van der Waals surface area contributed by atoms with Gasteiger partial charge in [-0.1, -0.05) is 54.6 Å². The van der Waals surface area contributed by atoms with Gasteiger partial charge in [0, 0.05) is 23.0 Å². The van der Waals surface area contributed by atoms with Crippen molar-refractivity contribution in [2.24, 2.45) is 11.3 Å². The van der Waals surface area contributed by atoms with E-state index in [9.17, 15) is 14.4 Å². The van der Waals surface area contributed by atoms with E-state index in [-0.39, 0.29) is 23.3 Å². The molecule has 0 aliphatic heterocycles. The molecule has 0 amide bonds. The molecule has 0 saturated heterocycles. The number of carbonyl (C=O) groups is 3. The van der Waals surface area contributed by atoms with Crippen molar-refractivity contribution in [3.05, 3.63) is 71.3 Å². The maximum atomic E-state index is 12.9. The Morgan fingerprint density at radius 1 is 0.864 bits per heavy atom. The number of fused-ring (bicyclic) bond motifs is 1. The van der Waals surface area contributed by atoms with E-state index in [1.165, 1.54) is 6.92 Å². The zero-order chi connectivity index (χ0) is 15.5. The Hall–Kier alpha value is -2.55. The van der Waals surface area contributed by atoms with Crippen LogP contribution in [0, 0.1) is 11.3 Å². The summed E-state index contributed by atoms with van der Waals surface area (Å²) in [7, 11) is 0. The minimum absolute atomic E-state index is 0.0941. The van der Waals surface area contributed by atoms with Gasteiger partial charge in [-0.05, 0) is 12.5 Å². The molecule has 2 aromatic carbocycles. The molecule has 0 heterocycles. The molecule has 4 rings (SSSR count). The lowest BCUT2D eigenvalue weighted by Crippen LogP contribution is -2.22. The minimum Gasteiger partial charge on any atom is -0.300 e. The minimum atomic E-state index is -1.20. The van der Waals surface area contributed by atoms with Crippen molar-refractivity contribution in [2.45, 2.75) is 12.8 Å². The van der Waals surface area contributed by atoms with Crippen molar-refractivity contribution in [2.75, 3.05) is 0 Å². The fraction of sp³-hybridized carbons (Fsp3) is 0.211. The SMILES string of the molecule is CC(=O)[C@H]1[C@H](c2ccccc2)C12C(=O)c1ccccc1C2=O. The average molecular weight is 290 g/mol. The second kappa shape index (κ2) is 4.23. The molecule has 3 nitrogen and oxygen atoms in total. The van der Waals surface area contributed by atoms with E-state index in [1.54, 1.807) is 24.3 Å². The number of rotatable bonds is 2. The second-order valence-electron chi connectivity index (χ2n) is 6.05. The zero-order valence-corrected chi connectivity index (χ0v) is 12.1. The number of hydrogen-bond donors (Lipinski definition) is 0. The van der Waals surface area contributed by atoms with Crippen LogP contribution < -0.4 is 0 Å². The number of carbonyl (C=O) groups excluding carboxylic acids is 3. The fourth-order valence-corrected chi connectivity index (χ4v) is 4.05. The Bertz CT molecular complexity index is 785. The molecule has 108 valence electrons.